The molecule has 0 radical (unpaired) electrons. The Bertz CT molecular complexity index is 983. The average molecular weight is 398 g/mol. The van der Waals surface area contributed by atoms with Crippen molar-refractivity contribution in [1.82, 2.24) is 0 Å². The molecule has 1 fully saturated rings. The van der Waals surface area contributed by atoms with E-state index in [9.17, 15) is 13.5 Å². The van der Waals surface area contributed by atoms with Crippen molar-refractivity contribution >= 4 is 21.2 Å². The van der Waals surface area contributed by atoms with Crippen LogP contribution >= 0.6 is 0 Å². The van der Waals surface area contributed by atoms with Crippen molar-refractivity contribution in [2.45, 2.75) is 50.9 Å². The number of hydrogen-bond donors (Lipinski definition) is 2. The van der Waals surface area contributed by atoms with Crippen molar-refractivity contribution in [3.8, 4) is 0 Å². The van der Waals surface area contributed by atoms with Crippen molar-refractivity contribution in [2.24, 2.45) is 10.6 Å². The fraction of sp³-hybridized carbons (Fsp3) is 0.391. The monoisotopic (exact) mass is 397 g/mol. The molecule has 0 atom stereocenters. The third-order valence-electron chi connectivity index (χ3n) is 6.29. The van der Waals surface area contributed by atoms with Gasteiger partial charge in [-0.05, 0) is 64.5 Å². The summed E-state index contributed by atoms with van der Waals surface area (Å²) in [4.78, 5) is 0. The van der Waals surface area contributed by atoms with Gasteiger partial charge in [-0.2, -0.15) is 0 Å². The van der Waals surface area contributed by atoms with Crippen LogP contribution in [0.4, 0.5) is 0 Å². The first-order valence-electron chi connectivity index (χ1n) is 9.90. The number of aliphatic hydroxyl groups excluding tert-OH is 1. The normalized spacial score (nSPS) is 18.9. The van der Waals surface area contributed by atoms with E-state index in [1.54, 1.807) is 0 Å². The molecule has 3 N–H and O–H groups in total. The molecule has 148 valence electrons. The molecule has 5 heteroatoms. The van der Waals surface area contributed by atoms with Gasteiger partial charge < -0.3 is 5.11 Å². The summed E-state index contributed by atoms with van der Waals surface area (Å²) in [6, 6.07) is 16.0. The number of rotatable bonds is 5. The summed E-state index contributed by atoms with van der Waals surface area (Å²) in [6.07, 6.45) is 7.34. The number of hydrogen-bond acceptors (Lipinski definition) is 3. The molecule has 1 saturated carbocycles. The van der Waals surface area contributed by atoms with Crippen LogP contribution in [0, 0.1) is 5.41 Å². The first-order chi connectivity index (χ1) is 13.4. The minimum Gasteiger partial charge on any atom is -0.392 e. The van der Waals surface area contributed by atoms with Crippen LogP contribution in [0.5, 0.6) is 0 Å². The van der Waals surface area contributed by atoms with Crippen LogP contribution in [0.15, 0.2) is 48.5 Å². The largest absolute Gasteiger partial charge is 0.392 e. The quantitative estimate of drug-likeness (QED) is 0.792. The molecule has 2 aliphatic carbocycles. The topological polar surface area (TPSA) is 80.4 Å². The first kappa shape index (κ1) is 19.4. The summed E-state index contributed by atoms with van der Waals surface area (Å²) < 4.78 is 22.7. The molecule has 0 heterocycles. The highest BCUT2D eigenvalue weighted by Crippen LogP contribution is 2.57. The van der Waals surface area contributed by atoms with Crippen LogP contribution in [0.25, 0.3) is 11.1 Å². The zero-order chi connectivity index (χ0) is 19.8. The smallest absolute Gasteiger partial charge is 0.213 e. The predicted octanol–water partition coefficient (Wildman–Crippen LogP) is 4.23. The Hall–Kier alpha value is -1.95. The molecular formula is C23H27NO3S. The molecule has 4 nitrogen and oxygen atoms in total. The predicted molar refractivity (Wildman–Crippen MR) is 113 cm³/mol. The third kappa shape index (κ3) is 4.07. The van der Waals surface area contributed by atoms with E-state index >= 15 is 0 Å². The molecule has 0 amide bonds. The second-order valence-electron chi connectivity index (χ2n) is 8.38. The van der Waals surface area contributed by atoms with Gasteiger partial charge in [0.05, 0.1) is 12.4 Å². The van der Waals surface area contributed by atoms with E-state index in [1.807, 2.05) is 36.4 Å². The van der Waals surface area contributed by atoms with Gasteiger partial charge in [-0.1, -0.05) is 61.4 Å². The maximum Gasteiger partial charge on any atom is 0.213 e. The lowest BCUT2D eigenvalue weighted by molar-refractivity contribution is 0.282. The standard InChI is InChI=1S/C23H27NO3S/c24-28(26,27)16-18-5-9-20(10-6-18)22-14-23(11-1-2-12-23)13-21(22)19-7-3-17(15-25)4-8-19/h3-10,25H,1-2,11-16H2,(H2,24,26,27). The molecule has 0 unspecified atom stereocenters. The molecule has 2 aliphatic rings. The van der Waals surface area contributed by atoms with Gasteiger partial charge in [0, 0.05) is 0 Å². The van der Waals surface area contributed by atoms with Crippen LogP contribution < -0.4 is 5.14 Å². The van der Waals surface area contributed by atoms with Crippen molar-refractivity contribution in [2.75, 3.05) is 0 Å². The van der Waals surface area contributed by atoms with Gasteiger partial charge in [0.25, 0.3) is 0 Å². The summed E-state index contributed by atoms with van der Waals surface area (Å²) >= 11 is 0. The van der Waals surface area contributed by atoms with Gasteiger partial charge in [0.2, 0.25) is 10.0 Å². The summed E-state index contributed by atoms with van der Waals surface area (Å²) in [6.45, 7) is 0.0572. The second kappa shape index (κ2) is 7.47. The highest BCUT2D eigenvalue weighted by atomic mass is 32.2. The molecule has 4 rings (SSSR count). The Balaban J connectivity index is 1.70. The Morgan fingerprint density at radius 2 is 1.29 bits per heavy atom. The maximum absolute atomic E-state index is 11.4. The van der Waals surface area contributed by atoms with Gasteiger partial charge >= 0.3 is 0 Å². The zero-order valence-corrected chi connectivity index (χ0v) is 16.8. The first-order valence-corrected chi connectivity index (χ1v) is 11.6. The molecule has 0 saturated heterocycles. The lowest BCUT2D eigenvalue weighted by Crippen LogP contribution is -2.14. The van der Waals surface area contributed by atoms with E-state index in [0.29, 0.717) is 11.0 Å². The highest BCUT2D eigenvalue weighted by molar-refractivity contribution is 7.88. The summed E-state index contributed by atoms with van der Waals surface area (Å²) in [5.74, 6) is -0.133. The van der Waals surface area contributed by atoms with Crippen LogP contribution in [-0.2, 0) is 22.4 Å². The van der Waals surface area contributed by atoms with Gasteiger partial charge in [-0.25, -0.2) is 13.6 Å². The van der Waals surface area contributed by atoms with Crippen LogP contribution in [-0.4, -0.2) is 13.5 Å². The molecule has 0 aromatic heterocycles. The van der Waals surface area contributed by atoms with Crippen LogP contribution in [0.2, 0.25) is 0 Å². The fourth-order valence-corrected chi connectivity index (χ4v) is 5.56. The van der Waals surface area contributed by atoms with E-state index in [0.717, 1.165) is 18.4 Å². The molecule has 0 aliphatic heterocycles. The molecule has 2 aromatic rings. The molecule has 0 bridgehead atoms. The highest BCUT2D eigenvalue weighted by Gasteiger charge is 2.41. The van der Waals surface area contributed by atoms with E-state index in [4.69, 9.17) is 5.14 Å². The molecule has 28 heavy (non-hydrogen) atoms. The summed E-state index contributed by atoms with van der Waals surface area (Å²) in [5.41, 5.74) is 7.18. The maximum atomic E-state index is 11.4. The van der Waals surface area contributed by atoms with E-state index in [1.165, 1.54) is 48.0 Å². The number of allylic oxidation sites excluding steroid dienone is 2. The lowest BCUT2D eigenvalue weighted by Gasteiger charge is -2.23. The van der Waals surface area contributed by atoms with Crippen molar-refractivity contribution in [3.63, 3.8) is 0 Å². The summed E-state index contributed by atoms with van der Waals surface area (Å²) in [7, 11) is -3.52. The van der Waals surface area contributed by atoms with E-state index < -0.39 is 10.0 Å². The number of aliphatic hydroxyl groups is 1. The molecular weight excluding hydrogens is 370 g/mol. The minimum atomic E-state index is -3.52. The van der Waals surface area contributed by atoms with E-state index in [-0.39, 0.29) is 12.4 Å². The van der Waals surface area contributed by atoms with E-state index in [2.05, 4.69) is 12.1 Å². The lowest BCUT2D eigenvalue weighted by atomic mass is 9.81. The van der Waals surface area contributed by atoms with Crippen LogP contribution in [0.1, 0.15) is 60.8 Å². The Labute approximate surface area is 167 Å². The van der Waals surface area contributed by atoms with Crippen molar-refractivity contribution in [3.05, 3.63) is 70.8 Å². The number of nitrogens with two attached hydrogens (primary N) is 1. The van der Waals surface area contributed by atoms with Gasteiger partial charge in [-0.15, -0.1) is 0 Å². The second-order valence-corrected chi connectivity index (χ2v) is 9.99. The van der Waals surface area contributed by atoms with Crippen LogP contribution in [0.3, 0.4) is 0 Å². The Morgan fingerprint density at radius 1 is 0.821 bits per heavy atom. The average Bonchev–Trinajstić information content (AvgIpc) is 3.28. The Kier molecular flexibility index (Phi) is 5.17. The van der Waals surface area contributed by atoms with Gasteiger partial charge in [-0.3, -0.25) is 0 Å². The molecule has 2 aromatic carbocycles. The van der Waals surface area contributed by atoms with Gasteiger partial charge in [0.1, 0.15) is 0 Å². The SMILES string of the molecule is NS(=O)(=O)Cc1ccc(C2=C(c3ccc(CO)cc3)CC3(CCCC3)C2)cc1. The minimum absolute atomic E-state index is 0.0572. The Morgan fingerprint density at radius 3 is 1.71 bits per heavy atom. The number of benzene rings is 2. The fourth-order valence-electron chi connectivity index (χ4n) is 4.90. The third-order valence-corrected chi connectivity index (χ3v) is 7.02. The van der Waals surface area contributed by atoms with Crippen molar-refractivity contribution in [1.29, 1.82) is 0 Å². The van der Waals surface area contributed by atoms with Gasteiger partial charge in [0.15, 0.2) is 0 Å². The summed E-state index contributed by atoms with van der Waals surface area (Å²) in [5, 5.41) is 14.5. The number of primary sulfonamides is 1. The zero-order valence-electron chi connectivity index (χ0n) is 16.0. The number of sulfonamides is 1. The molecule has 1 spiro atoms. The van der Waals surface area contributed by atoms with Crippen molar-refractivity contribution < 1.29 is 13.5 Å².